The third-order valence-corrected chi connectivity index (χ3v) is 3.30. The summed E-state index contributed by atoms with van der Waals surface area (Å²) in [4.78, 5) is 0. The van der Waals surface area contributed by atoms with Crippen LogP contribution in [0.1, 0.15) is 6.42 Å². The first-order valence-electron chi connectivity index (χ1n) is 3.62. The Morgan fingerprint density at radius 2 is 2.38 bits per heavy atom. The van der Waals surface area contributed by atoms with Gasteiger partial charge >= 0.3 is 0 Å². The highest BCUT2D eigenvalue weighted by Crippen LogP contribution is 2.11. The topological polar surface area (TPSA) is 98.0 Å². The number of nitrogens with one attached hydrogen (secondary N) is 1. The van der Waals surface area contributed by atoms with Crippen LogP contribution in [-0.4, -0.2) is 30.3 Å². The van der Waals surface area contributed by atoms with Crippen LogP contribution in [0.2, 0.25) is 0 Å². The standard InChI is InChI=1S/C5H10N4O2S2/c6-2-1-3-13(10,11)8-5-4-7-9-12-5/h4,8H,1-3,6H2. The lowest BCUT2D eigenvalue weighted by atomic mass is 10.5. The fourth-order valence-electron chi connectivity index (χ4n) is 0.690. The molecule has 0 aliphatic rings. The van der Waals surface area contributed by atoms with E-state index in [0.717, 1.165) is 11.5 Å². The zero-order valence-corrected chi connectivity index (χ0v) is 8.44. The molecule has 1 rings (SSSR count). The number of nitrogens with two attached hydrogens (primary N) is 1. The van der Waals surface area contributed by atoms with Crippen molar-refractivity contribution in [3.05, 3.63) is 6.20 Å². The van der Waals surface area contributed by atoms with Crippen LogP contribution in [0.4, 0.5) is 5.00 Å². The van der Waals surface area contributed by atoms with Crippen molar-refractivity contribution in [3.8, 4) is 0 Å². The van der Waals surface area contributed by atoms with Crippen molar-refractivity contribution in [2.45, 2.75) is 6.42 Å². The maximum Gasteiger partial charge on any atom is 0.233 e. The molecule has 0 aliphatic heterocycles. The number of aromatic nitrogens is 2. The quantitative estimate of drug-likeness (QED) is 0.708. The molecule has 0 saturated heterocycles. The third-order valence-electron chi connectivity index (χ3n) is 1.23. The molecular formula is C5H10N4O2S2. The third kappa shape index (κ3) is 3.66. The van der Waals surface area contributed by atoms with Crippen LogP contribution < -0.4 is 10.5 Å². The molecule has 0 aliphatic carbocycles. The lowest BCUT2D eigenvalue weighted by Crippen LogP contribution is -2.18. The molecular weight excluding hydrogens is 212 g/mol. The van der Waals surface area contributed by atoms with Gasteiger partial charge in [-0.3, -0.25) is 4.72 Å². The van der Waals surface area contributed by atoms with Crippen molar-refractivity contribution in [2.24, 2.45) is 5.73 Å². The molecule has 3 N–H and O–H groups in total. The van der Waals surface area contributed by atoms with Crippen LogP contribution in [-0.2, 0) is 10.0 Å². The van der Waals surface area contributed by atoms with E-state index in [4.69, 9.17) is 5.73 Å². The van der Waals surface area contributed by atoms with Crippen molar-refractivity contribution in [1.29, 1.82) is 0 Å². The Balaban J connectivity index is 2.53. The Bertz CT molecular complexity index is 333. The van der Waals surface area contributed by atoms with E-state index < -0.39 is 10.0 Å². The zero-order chi connectivity index (χ0) is 9.73. The van der Waals surface area contributed by atoms with E-state index in [0.29, 0.717) is 18.0 Å². The van der Waals surface area contributed by atoms with Gasteiger partial charge in [0.25, 0.3) is 0 Å². The van der Waals surface area contributed by atoms with E-state index >= 15 is 0 Å². The molecule has 74 valence electrons. The molecule has 0 saturated carbocycles. The molecule has 1 heterocycles. The van der Waals surface area contributed by atoms with Gasteiger partial charge in [-0.05, 0) is 13.0 Å². The van der Waals surface area contributed by atoms with Gasteiger partial charge in [0.15, 0.2) is 0 Å². The van der Waals surface area contributed by atoms with Gasteiger partial charge in [-0.1, -0.05) is 4.49 Å². The van der Waals surface area contributed by atoms with Gasteiger partial charge in [-0.2, -0.15) is 0 Å². The summed E-state index contributed by atoms with van der Waals surface area (Å²) >= 11 is 1.00. The van der Waals surface area contributed by atoms with Crippen LogP contribution in [0.15, 0.2) is 6.20 Å². The second-order valence-corrected chi connectivity index (χ2v) is 4.97. The summed E-state index contributed by atoms with van der Waals surface area (Å²) in [7, 11) is -3.27. The summed E-state index contributed by atoms with van der Waals surface area (Å²) in [6.45, 7) is 0.363. The van der Waals surface area contributed by atoms with Crippen molar-refractivity contribution < 1.29 is 8.42 Å². The number of sulfonamides is 1. The largest absolute Gasteiger partial charge is 0.330 e. The second kappa shape index (κ2) is 4.49. The molecule has 1 aromatic rings. The molecule has 0 atom stereocenters. The van der Waals surface area contributed by atoms with Gasteiger partial charge in [0, 0.05) is 11.5 Å². The maximum absolute atomic E-state index is 11.2. The SMILES string of the molecule is NCCCS(=O)(=O)Nc1cnns1. The molecule has 0 spiro atoms. The average Bonchev–Trinajstić information content (AvgIpc) is 2.52. The monoisotopic (exact) mass is 222 g/mol. The normalized spacial score (nSPS) is 11.5. The number of rotatable bonds is 5. The summed E-state index contributed by atoms with van der Waals surface area (Å²) in [6.07, 6.45) is 1.81. The van der Waals surface area contributed by atoms with E-state index in [9.17, 15) is 8.42 Å². The van der Waals surface area contributed by atoms with Crippen molar-refractivity contribution in [2.75, 3.05) is 17.0 Å². The van der Waals surface area contributed by atoms with Crippen LogP contribution in [0.5, 0.6) is 0 Å². The van der Waals surface area contributed by atoms with Gasteiger partial charge in [-0.25, -0.2) is 8.42 Å². The van der Waals surface area contributed by atoms with E-state index in [1.54, 1.807) is 0 Å². The second-order valence-electron chi connectivity index (χ2n) is 2.34. The Morgan fingerprint density at radius 3 is 2.92 bits per heavy atom. The van der Waals surface area contributed by atoms with Crippen molar-refractivity contribution in [3.63, 3.8) is 0 Å². The Morgan fingerprint density at radius 1 is 1.62 bits per heavy atom. The first-order chi connectivity index (χ1) is 6.14. The molecule has 0 amide bonds. The molecule has 0 unspecified atom stereocenters. The Hall–Kier alpha value is -0.730. The van der Waals surface area contributed by atoms with Gasteiger partial charge in [0.05, 0.1) is 11.9 Å². The van der Waals surface area contributed by atoms with Crippen molar-refractivity contribution in [1.82, 2.24) is 9.59 Å². The molecule has 0 aromatic carbocycles. The summed E-state index contributed by atoms with van der Waals surface area (Å²) in [5.41, 5.74) is 5.19. The molecule has 0 bridgehead atoms. The number of hydrogen-bond acceptors (Lipinski definition) is 6. The first kappa shape index (κ1) is 10.4. The summed E-state index contributed by atoms with van der Waals surface area (Å²) < 4.78 is 28.4. The molecule has 8 heteroatoms. The minimum absolute atomic E-state index is 0.0292. The number of nitrogens with zero attached hydrogens (tertiary/aromatic N) is 2. The Kier molecular flexibility index (Phi) is 3.58. The van der Waals surface area contributed by atoms with Crippen LogP contribution in [0.3, 0.4) is 0 Å². The van der Waals surface area contributed by atoms with Crippen molar-refractivity contribution >= 4 is 26.6 Å². The lowest BCUT2D eigenvalue weighted by Gasteiger charge is -2.02. The highest BCUT2D eigenvalue weighted by molar-refractivity contribution is 7.92. The van der Waals surface area contributed by atoms with Crippen LogP contribution in [0.25, 0.3) is 0 Å². The molecule has 6 nitrogen and oxygen atoms in total. The first-order valence-corrected chi connectivity index (χ1v) is 6.04. The average molecular weight is 222 g/mol. The minimum atomic E-state index is -3.27. The highest BCUT2D eigenvalue weighted by Gasteiger charge is 2.10. The van der Waals surface area contributed by atoms with Gasteiger partial charge in [0.2, 0.25) is 10.0 Å². The predicted octanol–water partition coefficient (Wildman–Crippen LogP) is -0.371. The summed E-state index contributed by atoms with van der Waals surface area (Å²) in [5.74, 6) is 0.0292. The fraction of sp³-hybridized carbons (Fsp3) is 0.600. The fourth-order valence-corrected chi connectivity index (χ4v) is 2.50. The minimum Gasteiger partial charge on any atom is -0.330 e. The smallest absolute Gasteiger partial charge is 0.233 e. The molecule has 0 radical (unpaired) electrons. The van der Waals surface area contributed by atoms with Gasteiger partial charge in [-0.15, -0.1) is 5.10 Å². The number of hydrogen-bond donors (Lipinski definition) is 2. The molecule has 1 aromatic heterocycles. The van der Waals surface area contributed by atoms with E-state index in [-0.39, 0.29) is 5.75 Å². The lowest BCUT2D eigenvalue weighted by molar-refractivity contribution is 0.599. The van der Waals surface area contributed by atoms with Gasteiger partial charge < -0.3 is 5.73 Å². The highest BCUT2D eigenvalue weighted by atomic mass is 32.2. The summed E-state index contributed by atoms with van der Waals surface area (Å²) in [5, 5.41) is 3.93. The van der Waals surface area contributed by atoms with E-state index in [1.807, 2.05) is 0 Å². The maximum atomic E-state index is 11.2. The van der Waals surface area contributed by atoms with E-state index in [2.05, 4.69) is 14.3 Å². The molecule has 13 heavy (non-hydrogen) atoms. The summed E-state index contributed by atoms with van der Waals surface area (Å²) in [6, 6.07) is 0. The zero-order valence-electron chi connectivity index (χ0n) is 6.80. The molecule has 0 fully saturated rings. The van der Waals surface area contributed by atoms with Crippen LogP contribution >= 0.6 is 11.5 Å². The Labute approximate surface area is 80.4 Å². The van der Waals surface area contributed by atoms with Crippen LogP contribution in [0, 0.1) is 0 Å². The number of anilines is 1. The van der Waals surface area contributed by atoms with Gasteiger partial charge in [0.1, 0.15) is 5.00 Å². The predicted molar refractivity (Wildman–Crippen MR) is 51.0 cm³/mol. The van der Waals surface area contributed by atoms with E-state index in [1.165, 1.54) is 6.20 Å².